The van der Waals surface area contributed by atoms with Crippen molar-refractivity contribution < 1.29 is 23.1 Å². The summed E-state index contributed by atoms with van der Waals surface area (Å²) in [6.07, 6.45) is 4.60. The summed E-state index contributed by atoms with van der Waals surface area (Å²) in [4.78, 5) is 24.2. The molecule has 0 aliphatic heterocycles. The van der Waals surface area contributed by atoms with Crippen LogP contribution in [0.4, 0.5) is 0 Å². The van der Waals surface area contributed by atoms with Crippen molar-refractivity contribution in [2.75, 3.05) is 6.26 Å². The summed E-state index contributed by atoms with van der Waals surface area (Å²) in [6.45, 7) is 2.09. The first kappa shape index (κ1) is 19.4. The van der Waals surface area contributed by atoms with Gasteiger partial charge in [-0.3, -0.25) is 4.79 Å². The Kier molecular flexibility index (Phi) is 5.87. The summed E-state index contributed by atoms with van der Waals surface area (Å²) in [5.74, 6) is -1.01. The first-order chi connectivity index (χ1) is 11.6. The number of carbonyl (C=O) groups excluding carboxylic acids is 1. The average molecular weight is 367 g/mol. The molecule has 0 heterocycles. The lowest BCUT2D eigenvalue weighted by Gasteiger charge is -2.37. The zero-order valence-corrected chi connectivity index (χ0v) is 15.4. The number of aliphatic carboxylic acids is 1. The highest BCUT2D eigenvalue weighted by atomic mass is 32.2. The van der Waals surface area contributed by atoms with E-state index in [9.17, 15) is 23.1 Å². The molecule has 1 aliphatic carbocycles. The molecule has 0 radical (unpaired) electrons. The van der Waals surface area contributed by atoms with E-state index in [1.807, 2.05) is 0 Å². The molecule has 2 rings (SSSR count). The van der Waals surface area contributed by atoms with Gasteiger partial charge in [-0.15, -0.1) is 0 Å². The zero-order valence-electron chi connectivity index (χ0n) is 14.6. The molecule has 2 N–H and O–H groups in total. The largest absolute Gasteiger partial charge is 0.480 e. The highest BCUT2D eigenvalue weighted by Crippen LogP contribution is 2.34. The van der Waals surface area contributed by atoms with Crippen LogP contribution in [0.1, 0.15) is 54.9 Å². The third-order valence-electron chi connectivity index (χ3n) is 4.94. The number of rotatable bonds is 6. The first-order valence-corrected chi connectivity index (χ1v) is 10.5. The summed E-state index contributed by atoms with van der Waals surface area (Å²) in [7, 11) is -3.14. The normalized spacial score (nSPS) is 23.8. The first-order valence-electron chi connectivity index (χ1n) is 8.48. The molecule has 1 amide bonds. The van der Waals surface area contributed by atoms with Gasteiger partial charge in [-0.1, -0.05) is 25.5 Å². The Labute approximate surface area is 148 Å². The van der Waals surface area contributed by atoms with Crippen LogP contribution in [0, 0.1) is 5.92 Å². The van der Waals surface area contributed by atoms with E-state index in [0.29, 0.717) is 29.9 Å². The molecule has 25 heavy (non-hydrogen) atoms. The highest BCUT2D eigenvalue weighted by Gasteiger charge is 2.43. The molecule has 1 aliphatic rings. The molecule has 1 saturated carbocycles. The fraction of sp³-hybridized carbons (Fsp3) is 0.556. The second kappa shape index (κ2) is 7.56. The monoisotopic (exact) mass is 367 g/mol. The Bertz CT molecular complexity index is 731. The zero-order chi connectivity index (χ0) is 18.7. The maximum absolute atomic E-state index is 12.5. The van der Waals surface area contributed by atoms with Crippen molar-refractivity contribution in [3.8, 4) is 0 Å². The molecule has 1 fully saturated rings. The summed E-state index contributed by atoms with van der Waals surface area (Å²) in [5.41, 5.74) is -0.292. The van der Waals surface area contributed by atoms with Gasteiger partial charge in [-0.25, -0.2) is 13.2 Å². The van der Waals surface area contributed by atoms with Crippen molar-refractivity contribution in [3.63, 3.8) is 0 Å². The van der Waals surface area contributed by atoms with Gasteiger partial charge in [0.05, 0.1) is 5.75 Å². The van der Waals surface area contributed by atoms with E-state index < -0.39 is 27.3 Å². The summed E-state index contributed by atoms with van der Waals surface area (Å²) in [6, 6.07) is 6.22. The van der Waals surface area contributed by atoms with Crippen molar-refractivity contribution >= 4 is 21.7 Å². The second-order valence-electron chi connectivity index (χ2n) is 6.96. The van der Waals surface area contributed by atoms with Gasteiger partial charge < -0.3 is 10.4 Å². The maximum atomic E-state index is 12.5. The van der Waals surface area contributed by atoms with Crippen LogP contribution in [0.5, 0.6) is 0 Å². The van der Waals surface area contributed by atoms with Gasteiger partial charge in [-0.05, 0) is 49.3 Å². The minimum atomic E-state index is -3.14. The number of sulfone groups is 1. The predicted molar refractivity (Wildman–Crippen MR) is 95.1 cm³/mol. The predicted octanol–water partition coefficient (Wildman–Crippen LogP) is 2.38. The highest BCUT2D eigenvalue weighted by molar-refractivity contribution is 7.89. The molecular formula is C18H25NO5S. The summed E-state index contributed by atoms with van der Waals surface area (Å²) < 4.78 is 22.6. The SMILES string of the molecule is CCC1CCC(NC(=O)c2ccc(CS(C)(=O)=O)cc2)(C(=O)O)CC1. The Hall–Kier alpha value is -1.89. The van der Waals surface area contributed by atoms with E-state index in [4.69, 9.17) is 0 Å². The Balaban J connectivity index is 2.10. The van der Waals surface area contributed by atoms with Gasteiger partial charge in [0.25, 0.3) is 5.91 Å². The van der Waals surface area contributed by atoms with Crippen LogP contribution in [0.2, 0.25) is 0 Å². The van der Waals surface area contributed by atoms with E-state index in [2.05, 4.69) is 12.2 Å². The minimum absolute atomic E-state index is 0.0909. The quantitative estimate of drug-likeness (QED) is 0.804. The Morgan fingerprint density at radius 2 is 1.76 bits per heavy atom. The number of carbonyl (C=O) groups is 2. The van der Waals surface area contributed by atoms with Crippen LogP contribution in [0.15, 0.2) is 24.3 Å². The topological polar surface area (TPSA) is 101 Å². The fourth-order valence-corrected chi connectivity index (χ4v) is 4.11. The number of hydrogen-bond donors (Lipinski definition) is 2. The molecule has 0 saturated heterocycles. The van der Waals surface area contributed by atoms with Gasteiger partial charge in [0.15, 0.2) is 9.84 Å². The average Bonchev–Trinajstić information content (AvgIpc) is 2.54. The van der Waals surface area contributed by atoms with Gasteiger partial charge in [0, 0.05) is 11.8 Å². The number of benzene rings is 1. The summed E-state index contributed by atoms with van der Waals surface area (Å²) >= 11 is 0. The van der Waals surface area contributed by atoms with Crippen LogP contribution in [0.25, 0.3) is 0 Å². The van der Waals surface area contributed by atoms with Gasteiger partial charge in [0.1, 0.15) is 5.54 Å². The van der Waals surface area contributed by atoms with E-state index in [-0.39, 0.29) is 5.75 Å². The van der Waals surface area contributed by atoms with E-state index in [0.717, 1.165) is 25.5 Å². The van der Waals surface area contributed by atoms with Gasteiger partial charge in [-0.2, -0.15) is 0 Å². The lowest BCUT2D eigenvalue weighted by molar-refractivity contribution is -0.146. The molecule has 0 atom stereocenters. The molecule has 1 aromatic carbocycles. The van der Waals surface area contributed by atoms with Gasteiger partial charge in [0.2, 0.25) is 0 Å². The molecule has 0 bridgehead atoms. The third kappa shape index (κ3) is 5.04. The number of amides is 1. The fourth-order valence-electron chi connectivity index (χ4n) is 3.32. The number of hydrogen-bond acceptors (Lipinski definition) is 4. The number of carboxylic acids is 1. The van der Waals surface area contributed by atoms with Crippen molar-refractivity contribution in [2.45, 2.75) is 50.3 Å². The third-order valence-corrected chi connectivity index (χ3v) is 5.80. The molecule has 6 nitrogen and oxygen atoms in total. The molecule has 138 valence electrons. The van der Waals surface area contributed by atoms with Crippen molar-refractivity contribution in [2.24, 2.45) is 5.92 Å². The molecule has 0 aromatic heterocycles. The van der Waals surface area contributed by atoms with E-state index in [1.54, 1.807) is 12.1 Å². The lowest BCUT2D eigenvalue weighted by atomic mass is 9.75. The van der Waals surface area contributed by atoms with E-state index >= 15 is 0 Å². The molecule has 0 unspecified atom stereocenters. The molecular weight excluding hydrogens is 342 g/mol. The number of nitrogens with one attached hydrogen (secondary N) is 1. The Morgan fingerprint density at radius 1 is 1.20 bits per heavy atom. The van der Waals surface area contributed by atoms with Crippen LogP contribution < -0.4 is 5.32 Å². The molecule has 7 heteroatoms. The molecule has 1 aromatic rings. The summed E-state index contributed by atoms with van der Waals surface area (Å²) in [5, 5.41) is 12.3. The van der Waals surface area contributed by atoms with E-state index in [1.165, 1.54) is 12.1 Å². The number of carboxylic acid groups (broad SMARTS) is 1. The van der Waals surface area contributed by atoms with Crippen LogP contribution in [-0.4, -0.2) is 37.2 Å². The standard InChI is InChI=1S/C18H25NO5S/c1-3-13-8-10-18(11-9-13,17(21)22)19-16(20)15-6-4-14(5-7-15)12-25(2,23)24/h4-7,13H,3,8-12H2,1-2H3,(H,19,20)(H,21,22). The van der Waals surface area contributed by atoms with Crippen LogP contribution in [0.3, 0.4) is 0 Å². The lowest BCUT2D eigenvalue weighted by Crippen LogP contribution is -2.56. The minimum Gasteiger partial charge on any atom is -0.480 e. The maximum Gasteiger partial charge on any atom is 0.329 e. The Morgan fingerprint density at radius 3 is 2.20 bits per heavy atom. The van der Waals surface area contributed by atoms with Crippen molar-refractivity contribution in [3.05, 3.63) is 35.4 Å². The van der Waals surface area contributed by atoms with Gasteiger partial charge >= 0.3 is 5.97 Å². The molecule has 0 spiro atoms. The van der Waals surface area contributed by atoms with Crippen LogP contribution >= 0.6 is 0 Å². The van der Waals surface area contributed by atoms with Crippen molar-refractivity contribution in [1.82, 2.24) is 5.32 Å². The van der Waals surface area contributed by atoms with Crippen molar-refractivity contribution in [1.29, 1.82) is 0 Å². The second-order valence-corrected chi connectivity index (χ2v) is 9.10. The smallest absolute Gasteiger partial charge is 0.329 e. The van der Waals surface area contributed by atoms with Crippen LogP contribution in [-0.2, 0) is 20.4 Å².